The van der Waals surface area contributed by atoms with E-state index < -0.39 is 5.97 Å². The number of hydrogen-bond acceptors (Lipinski definition) is 3. The number of carboxylic acids is 1. The van der Waals surface area contributed by atoms with E-state index in [0.29, 0.717) is 23.0 Å². The molecule has 4 nitrogen and oxygen atoms in total. The molecular formula is C11H12BrNO3. The third-order valence-electron chi connectivity index (χ3n) is 2.70. The van der Waals surface area contributed by atoms with Crippen molar-refractivity contribution in [3.63, 3.8) is 0 Å². The van der Waals surface area contributed by atoms with Crippen LogP contribution in [0, 0.1) is 0 Å². The van der Waals surface area contributed by atoms with E-state index in [1.165, 1.54) is 0 Å². The maximum absolute atomic E-state index is 11.1. The lowest BCUT2D eigenvalue weighted by Crippen LogP contribution is -2.39. The minimum Gasteiger partial charge on any atom is -0.478 e. The largest absolute Gasteiger partial charge is 0.478 e. The second-order valence-corrected chi connectivity index (χ2v) is 4.79. The molecule has 2 rings (SSSR count). The monoisotopic (exact) mass is 285 g/mol. The predicted octanol–water partition coefficient (Wildman–Crippen LogP) is 2.08. The Kier molecular flexibility index (Phi) is 3.16. The fraction of sp³-hybridized carbons (Fsp3) is 0.364. The molecule has 0 atom stereocenters. The maximum Gasteiger partial charge on any atom is 0.338 e. The molecule has 0 aromatic heterocycles. The van der Waals surface area contributed by atoms with Crippen molar-refractivity contribution in [1.29, 1.82) is 0 Å². The Morgan fingerprint density at radius 3 is 2.69 bits per heavy atom. The zero-order valence-electron chi connectivity index (χ0n) is 8.48. The molecule has 0 aliphatic heterocycles. The normalized spacial score (nSPS) is 23.6. The molecule has 0 spiro atoms. The molecule has 0 amide bonds. The molecule has 1 aliphatic carbocycles. The van der Waals surface area contributed by atoms with E-state index in [0.717, 1.165) is 0 Å². The first-order valence-corrected chi connectivity index (χ1v) is 5.83. The summed E-state index contributed by atoms with van der Waals surface area (Å²) in [6, 6.07) is 5.39. The summed E-state index contributed by atoms with van der Waals surface area (Å²) in [6.07, 6.45) is 1.09. The van der Waals surface area contributed by atoms with E-state index in [4.69, 9.17) is 10.2 Å². The first kappa shape index (κ1) is 11.4. The van der Waals surface area contributed by atoms with Crippen LogP contribution in [-0.4, -0.2) is 28.3 Å². The third-order valence-corrected chi connectivity index (χ3v) is 3.36. The Morgan fingerprint density at radius 1 is 1.44 bits per heavy atom. The van der Waals surface area contributed by atoms with Gasteiger partial charge in [-0.15, -0.1) is 0 Å². The van der Waals surface area contributed by atoms with Crippen molar-refractivity contribution >= 4 is 27.6 Å². The van der Waals surface area contributed by atoms with Gasteiger partial charge in [0.05, 0.1) is 17.4 Å². The fourth-order valence-corrected chi connectivity index (χ4v) is 2.32. The zero-order valence-corrected chi connectivity index (χ0v) is 10.1. The molecule has 0 heterocycles. The summed E-state index contributed by atoms with van der Waals surface area (Å²) in [7, 11) is 0. The molecule has 0 unspecified atom stereocenters. The summed E-state index contributed by atoms with van der Waals surface area (Å²) in [5, 5.41) is 21.4. The van der Waals surface area contributed by atoms with Crippen LogP contribution in [0.15, 0.2) is 22.7 Å². The van der Waals surface area contributed by atoms with Gasteiger partial charge in [0.25, 0.3) is 0 Å². The SMILES string of the molecule is O=C(O)c1c(Br)cccc1NC1CC(O)C1. The molecule has 16 heavy (non-hydrogen) atoms. The number of anilines is 1. The minimum absolute atomic E-state index is 0.169. The van der Waals surface area contributed by atoms with Gasteiger partial charge >= 0.3 is 5.97 Å². The molecule has 1 aliphatic rings. The van der Waals surface area contributed by atoms with Gasteiger partial charge in [-0.25, -0.2) is 4.79 Å². The maximum atomic E-state index is 11.1. The molecule has 0 radical (unpaired) electrons. The van der Waals surface area contributed by atoms with Crippen LogP contribution in [0.3, 0.4) is 0 Å². The van der Waals surface area contributed by atoms with Crippen molar-refractivity contribution in [3.8, 4) is 0 Å². The van der Waals surface area contributed by atoms with Crippen LogP contribution in [0.25, 0.3) is 0 Å². The van der Waals surface area contributed by atoms with Crippen molar-refractivity contribution in [2.75, 3.05) is 5.32 Å². The van der Waals surface area contributed by atoms with Crippen LogP contribution in [0.5, 0.6) is 0 Å². The molecule has 1 aromatic carbocycles. The van der Waals surface area contributed by atoms with Crippen LogP contribution in [-0.2, 0) is 0 Å². The number of rotatable bonds is 3. The number of hydrogen-bond donors (Lipinski definition) is 3. The molecule has 0 saturated heterocycles. The van der Waals surface area contributed by atoms with Crippen molar-refractivity contribution < 1.29 is 15.0 Å². The second-order valence-electron chi connectivity index (χ2n) is 3.93. The third kappa shape index (κ3) is 2.20. The molecule has 1 saturated carbocycles. The lowest BCUT2D eigenvalue weighted by atomic mass is 9.89. The van der Waals surface area contributed by atoms with Gasteiger partial charge in [-0.3, -0.25) is 0 Å². The Bertz CT molecular complexity index is 416. The van der Waals surface area contributed by atoms with E-state index in [1.807, 2.05) is 0 Å². The van der Waals surface area contributed by atoms with Gasteiger partial charge in [-0.05, 0) is 40.9 Å². The number of halogens is 1. The molecule has 3 N–H and O–H groups in total. The van der Waals surface area contributed by atoms with Gasteiger partial charge in [-0.1, -0.05) is 6.07 Å². The highest BCUT2D eigenvalue weighted by Crippen LogP contribution is 2.29. The smallest absolute Gasteiger partial charge is 0.338 e. The average Bonchev–Trinajstić information content (AvgIpc) is 2.14. The Balaban J connectivity index is 2.19. The number of nitrogens with one attached hydrogen (secondary N) is 1. The van der Waals surface area contributed by atoms with Gasteiger partial charge in [0.15, 0.2) is 0 Å². The molecule has 1 aromatic rings. The van der Waals surface area contributed by atoms with Crippen molar-refractivity contribution in [2.24, 2.45) is 0 Å². The topological polar surface area (TPSA) is 69.6 Å². The molecule has 86 valence electrons. The van der Waals surface area contributed by atoms with Crippen LogP contribution < -0.4 is 5.32 Å². The minimum atomic E-state index is -0.963. The number of aromatic carboxylic acids is 1. The van der Waals surface area contributed by atoms with E-state index in [-0.39, 0.29) is 17.7 Å². The summed E-state index contributed by atoms with van der Waals surface area (Å²) >= 11 is 3.22. The van der Waals surface area contributed by atoms with Gasteiger partial charge in [0.2, 0.25) is 0 Å². The van der Waals surface area contributed by atoms with Crippen LogP contribution >= 0.6 is 15.9 Å². The Labute approximate surface area is 101 Å². The Hall–Kier alpha value is -1.07. The first-order chi connectivity index (χ1) is 7.58. The molecular weight excluding hydrogens is 274 g/mol. The predicted molar refractivity (Wildman–Crippen MR) is 63.8 cm³/mol. The first-order valence-electron chi connectivity index (χ1n) is 5.04. The molecule has 1 fully saturated rings. The number of carboxylic acid groups (broad SMARTS) is 1. The van der Waals surface area contributed by atoms with E-state index in [9.17, 15) is 4.79 Å². The number of carbonyl (C=O) groups is 1. The van der Waals surface area contributed by atoms with Gasteiger partial charge in [0, 0.05) is 10.5 Å². The Morgan fingerprint density at radius 2 is 2.12 bits per heavy atom. The van der Waals surface area contributed by atoms with Crippen molar-refractivity contribution in [3.05, 3.63) is 28.2 Å². The highest BCUT2D eigenvalue weighted by Gasteiger charge is 2.28. The average molecular weight is 286 g/mol. The fourth-order valence-electron chi connectivity index (χ4n) is 1.79. The molecule has 0 bridgehead atoms. The van der Waals surface area contributed by atoms with E-state index in [1.54, 1.807) is 18.2 Å². The van der Waals surface area contributed by atoms with Crippen molar-refractivity contribution in [1.82, 2.24) is 0 Å². The van der Waals surface area contributed by atoms with E-state index >= 15 is 0 Å². The van der Waals surface area contributed by atoms with Gasteiger partial charge in [-0.2, -0.15) is 0 Å². The standard InChI is InChI=1S/C11H12BrNO3/c12-8-2-1-3-9(10(8)11(15)16)13-6-4-7(14)5-6/h1-3,6-7,13-14H,4-5H2,(H,15,16). The zero-order chi connectivity index (χ0) is 11.7. The number of aliphatic hydroxyl groups excluding tert-OH is 1. The summed E-state index contributed by atoms with van der Waals surface area (Å²) in [6.45, 7) is 0. The van der Waals surface area contributed by atoms with Gasteiger partial charge in [0.1, 0.15) is 0 Å². The summed E-state index contributed by atoms with van der Waals surface area (Å²) in [5.41, 5.74) is 0.836. The number of aliphatic hydroxyl groups is 1. The summed E-state index contributed by atoms with van der Waals surface area (Å²) in [5.74, 6) is -0.963. The summed E-state index contributed by atoms with van der Waals surface area (Å²) in [4.78, 5) is 11.1. The quantitative estimate of drug-likeness (QED) is 0.795. The number of benzene rings is 1. The van der Waals surface area contributed by atoms with Crippen LogP contribution in [0.1, 0.15) is 23.2 Å². The summed E-state index contributed by atoms with van der Waals surface area (Å²) < 4.78 is 0.560. The second kappa shape index (κ2) is 4.43. The molecule has 5 heteroatoms. The van der Waals surface area contributed by atoms with Gasteiger partial charge < -0.3 is 15.5 Å². The van der Waals surface area contributed by atoms with E-state index in [2.05, 4.69) is 21.2 Å². The lowest BCUT2D eigenvalue weighted by Gasteiger charge is -2.33. The van der Waals surface area contributed by atoms with Crippen LogP contribution in [0.4, 0.5) is 5.69 Å². The highest BCUT2D eigenvalue weighted by atomic mass is 79.9. The van der Waals surface area contributed by atoms with Crippen molar-refractivity contribution in [2.45, 2.75) is 25.0 Å². The lowest BCUT2D eigenvalue weighted by molar-refractivity contribution is 0.0696. The highest BCUT2D eigenvalue weighted by molar-refractivity contribution is 9.10. The van der Waals surface area contributed by atoms with Crippen LogP contribution in [0.2, 0.25) is 0 Å².